The van der Waals surface area contributed by atoms with Gasteiger partial charge in [-0.2, -0.15) is 0 Å². The molecule has 0 spiro atoms. The maximum atomic E-state index is 13.0. The average molecular weight is 455 g/mol. The van der Waals surface area contributed by atoms with Crippen molar-refractivity contribution >= 4 is 12.0 Å². The summed E-state index contributed by atoms with van der Waals surface area (Å²) < 4.78 is 5.41. The molecule has 2 heterocycles. The number of benzene rings is 1. The molecule has 1 saturated carbocycles. The molecule has 0 radical (unpaired) electrons. The number of hydrogen-bond donors (Lipinski definition) is 2. The lowest BCUT2D eigenvalue weighted by atomic mass is 9.93. The summed E-state index contributed by atoms with van der Waals surface area (Å²) in [4.78, 5) is 30.6. The first-order valence-electron chi connectivity index (χ1n) is 12.6. The Labute approximate surface area is 197 Å². The van der Waals surface area contributed by atoms with Gasteiger partial charge in [0.2, 0.25) is 0 Å². The number of aryl methyl sites for hydroxylation is 1. The molecule has 2 N–H and O–H groups in total. The summed E-state index contributed by atoms with van der Waals surface area (Å²) in [5.74, 6) is -0.370. The van der Waals surface area contributed by atoms with Crippen LogP contribution in [0.25, 0.3) is 0 Å². The molecule has 3 aliphatic rings. The third kappa shape index (κ3) is 5.76. The Bertz CT molecular complexity index is 853. The summed E-state index contributed by atoms with van der Waals surface area (Å²) in [6, 6.07) is 8.03. The number of amides is 2. The summed E-state index contributed by atoms with van der Waals surface area (Å²) in [7, 11) is 0. The number of piperazine rings is 1. The molecule has 0 aromatic heterocycles. The topological polar surface area (TPSA) is 73.9 Å². The Morgan fingerprint density at radius 1 is 1.03 bits per heavy atom. The lowest BCUT2D eigenvalue weighted by Gasteiger charge is -2.41. The molecule has 1 aromatic carbocycles. The van der Waals surface area contributed by atoms with Crippen molar-refractivity contribution in [2.24, 2.45) is 0 Å². The van der Waals surface area contributed by atoms with Crippen molar-refractivity contribution < 1.29 is 14.3 Å². The summed E-state index contributed by atoms with van der Waals surface area (Å²) in [6.45, 7) is 8.72. The normalized spacial score (nSPS) is 23.2. The van der Waals surface area contributed by atoms with E-state index >= 15 is 0 Å². The highest BCUT2D eigenvalue weighted by molar-refractivity contribution is 5.95. The van der Waals surface area contributed by atoms with Gasteiger partial charge in [-0.05, 0) is 37.3 Å². The molecule has 2 amide bonds. The van der Waals surface area contributed by atoms with E-state index in [0.717, 1.165) is 44.2 Å². The first-order chi connectivity index (χ1) is 16.1. The van der Waals surface area contributed by atoms with Crippen molar-refractivity contribution in [3.63, 3.8) is 0 Å². The number of hydrogen-bond acceptors (Lipinski definition) is 5. The van der Waals surface area contributed by atoms with E-state index in [0.29, 0.717) is 24.4 Å². The minimum atomic E-state index is -0.512. The fourth-order valence-electron chi connectivity index (χ4n) is 5.34. The number of nitrogens with one attached hydrogen (secondary N) is 2. The summed E-state index contributed by atoms with van der Waals surface area (Å²) in [6.07, 6.45) is 7.65. The minimum absolute atomic E-state index is 0.275. The monoisotopic (exact) mass is 454 g/mol. The molecule has 0 bridgehead atoms. The van der Waals surface area contributed by atoms with Crippen molar-refractivity contribution in [2.45, 2.75) is 64.5 Å². The van der Waals surface area contributed by atoms with Crippen LogP contribution >= 0.6 is 0 Å². The Morgan fingerprint density at radius 2 is 1.73 bits per heavy atom. The van der Waals surface area contributed by atoms with E-state index in [9.17, 15) is 9.59 Å². The highest BCUT2D eigenvalue weighted by atomic mass is 16.5. The van der Waals surface area contributed by atoms with Gasteiger partial charge >= 0.3 is 12.0 Å². The second kappa shape index (κ2) is 11.2. The largest absolute Gasteiger partial charge is 0.463 e. The van der Waals surface area contributed by atoms with Crippen LogP contribution in [-0.4, -0.2) is 67.2 Å². The molecule has 4 rings (SSSR count). The van der Waals surface area contributed by atoms with Gasteiger partial charge in [0.15, 0.2) is 0 Å². The van der Waals surface area contributed by atoms with E-state index in [2.05, 4.69) is 39.5 Å². The smallest absolute Gasteiger partial charge is 0.338 e. The maximum Gasteiger partial charge on any atom is 0.338 e. The molecule has 2 aliphatic heterocycles. The second-order valence-corrected chi connectivity index (χ2v) is 9.34. The molecule has 7 heteroatoms. The molecule has 1 saturated heterocycles. The molecule has 180 valence electrons. The van der Waals surface area contributed by atoms with E-state index in [-0.39, 0.29) is 12.0 Å². The van der Waals surface area contributed by atoms with Crippen molar-refractivity contribution in [1.29, 1.82) is 0 Å². The predicted molar refractivity (Wildman–Crippen MR) is 129 cm³/mol. The molecular weight excluding hydrogens is 416 g/mol. The zero-order valence-corrected chi connectivity index (χ0v) is 20.1. The minimum Gasteiger partial charge on any atom is -0.463 e. The maximum absolute atomic E-state index is 13.0. The van der Waals surface area contributed by atoms with Crippen LogP contribution in [0.5, 0.6) is 0 Å². The van der Waals surface area contributed by atoms with Crippen molar-refractivity contribution in [3.05, 3.63) is 46.7 Å². The summed E-state index contributed by atoms with van der Waals surface area (Å²) in [5, 5.41) is 5.86. The lowest BCUT2D eigenvalue weighted by molar-refractivity contribution is -0.139. The Hall–Kier alpha value is -2.38. The van der Waals surface area contributed by atoms with Crippen molar-refractivity contribution in [2.75, 3.05) is 39.3 Å². The molecule has 1 aromatic rings. The third-order valence-corrected chi connectivity index (χ3v) is 7.25. The summed E-state index contributed by atoms with van der Waals surface area (Å²) >= 11 is 0. The number of urea groups is 1. The first-order valence-corrected chi connectivity index (χ1v) is 12.6. The quantitative estimate of drug-likeness (QED) is 0.618. The number of ether oxygens (including phenoxy) is 1. The van der Waals surface area contributed by atoms with Crippen LogP contribution in [0.2, 0.25) is 0 Å². The number of rotatable bonds is 7. The van der Waals surface area contributed by atoms with Gasteiger partial charge in [-0.3, -0.25) is 9.80 Å². The van der Waals surface area contributed by atoms with Crippen molar-refractivity contribution in [1.82, 2.24) is 20.4 Å². The molecule has 7 nitrogen and oxygen atoms in total. The molecule has 33 heavy (non-hydrogen) atoms. The van der Waals surface area contributed by atoms with Crippen LogP contribution in [0.15, 0.2) is 35.5 Å². The van der Waals surface area contributed by atoms with Gasteiger partial charge in [-0.25, -0.2) is 9.59 Å². The van der Waals surface area contributed by atoms with Gasteiger partial charge in [0.05, 0.1) is 18.2 Å². The van der Waals surface area contributed by atoms with E-state index in [1.807, 2.05) is 19.1 Å². The van der Waals surface area contributed by atoms with Gasteiger partial charge in [0, 0.05) is 44.5 Å². The number of esters is 1. The fourth-order valence-corrected chi connectivity index (χ4v) is 5.34. The van der Waals surface area contributed by atoms with Crippen LogP contribution in [0.4, 0.5) is 4.79 Å². The van der Waals surface area contributed by atoms with Crippen LogP contribution in [-0.2, 0) is 16.0 Å². The highest BCUT2D eigenvalue weighted by Crippen LogP contribution is 2.29. The van der Waals surface area contributed by atoms with Gasteiger partial charge in [-0.15, -0.1) is 0 Å². The van der Waals surface area contributed by atoms with Crippen LogP contribution in [0, 0.1) is 0 Å². The Morgan fingerprint density at radius 3 is 2.36 bits per heavy atom. The van der Waals surface area contributed by atoms with E-state index in [4.69, 9.17) is 4.74 Å². The molecule has 2 fully saturated rings. The van der Waals surface area contributed by atoms with Gasteiger partial charge < -0.3 is 15.4 Å². The molecule has 1 aliphatic carbocycles. The molecule has 1 atom stereocenters. The zero-order chi connectivity index (χ0) is 23.2. The van der Waals surface area contributed by atoms with Crippen molar-refractivity contribution in [3.8, 4) is 0 Å². The van der Waals surface area contributed by atoms with Gasteiger partial charge in [0.1, 0.15) is 0 Å². The second-order valence-electron chi connectivity index (χ2n) is 9.34. The number of nitrogens with zero attached hydrogens (tertiary/aromatic N) is 2. The predicted octanol–water partition coefficient (Wildman–Crippen LogP) is 3.37. The standard InChI is InChI=1S/C26H38N4O3/c1-3-19-10-12-20(13-11-19)24-23(25(31)33-4-2)22(27-26(32)28-24)18-29-14-16-30(17-15-29)21-8-6-5-7-9-21/h10-13,21,24H,3-9,14-18H2,1-2H3,(H2,27,28,32)/t24-/m0/s1. The van der Waals surface area contributed by atoms with Crippen LogP contribution < -0.4 is 10.6 Å². The Balaban J connectivity index is 1.52. The zero-order valence-electron chi connectivity index (χ0n) is 20.1. The highest BCUT2D eigenvalue weighted by Gasteiger charge is 2.35. The first kappa shape index (κ1) is 23.8. The SMILES string of the molecule is CCOC(=O)C1=C(CN2CCN(C3CCCCC3)CC2)NC(=O)N[C@H]1c1ccc(CC)cc1. The molecule has 0 unspecified atom stereocenters. The molecular formula is C26H38N4O3. The van der Waals surface area contributed by atoms with Crippen LogP contribution in [0.1, 0.15) is 63.1 Å². The van der Waals surface area contributed by atoms with Gasteiger partial charge in [0.25, 0.3) is 0 Å². The Kier molecular flexibility index (Phi) is 8.04. The summed E-state index contributed by atoms with van der Waals surface area (Å²) in [5.41, 5.74) is 3.28. The van der Waals surface area contributed by atoms with E-state index < -0.39 is 6.04 Å². The van der Waals surface area contributed by atoms with Gasteiger partial charge in [-0.1, -0.05) is 50.5 Å². The average Bonchev–Trinajstić information content (AvgIpc) is 2.85. The van der Waals surface area contributed by atoms with E-state index in [1.54, 1.807) is 0 Å². The number of carbonyl (C=O) groups is 2. The lowest BCUT2D eigenvalue weighted by Crippen LogP contribution is -2.53. The number of carbonyl (C=O) groups excluding carboxylic acids is 2. The van der Waals surface area contributed by atoms with Crippen LogP contribution in [0.3, 0.4) is 0 Å². The van der Waals surface area contributed by atoms with E-state index in [1.165, 1.54) is 37.7 Å². The third-order valence-electron chi connectivity index (χ3n) is 7.25. The fraction of sp³-hybridized carbons (Fsp3) is 0.615.